The molecule has 0 saturated carbocycles. The molecule has 1 fully saturated rings. The van der Waals surface area contributed by atoms with Gasteiger partial charge in [-0.05, 0) is 47.4 Å². The highest BCUT2D eigenvalue weighted by Gasteiger charge is 2.19. The summed E-state index contributed by atoms with van der Waals surface area (Å²) >= 11 is 13.3. The van der Waals surface area contributed by atoms with E-state index in [4.69, 9.17) is 27.9 Å². The van der Waals surface area contributed by atoms with Crippen LogP contribution in [-0.4, -0.2) is 54.1 Å². The van der Waals surface area contributed by atoms with Gasteiger partial charge in [0, 0.05) is 67.4 Å². The molecule has 0 N–H and O–H groups in total. The Kier molecular flexibility index (Phi) is 8.94. The van der Waals surface area contributed by atoms with E-state index in [1.165, 1.54) is 11.3 Å². The average molecular weight is 520 g/mol. The number of nitro groups is 1. The van der Waals surface area contributed by atoms with Crippen molar-refractivity contribution in [3.8, 4) is 0 Å². The van der Waals surface area contributed by atoms with E-state index in [0.717, 1.165) is 62.4 Å². The summed E-state index contributed by atoms with van der Waals surface area (Å²) in [6.07, 6.45) is 0.773. The third-order valence-electron chi connectivity index (χ3n) is 5.94. The van der Waals surface area contributed by atoms with E-state index in [0.29, 0.717) is 16.7 Å². The summed E-state index contributed by atoms with van der Waals surface area (Å²) < 4.78 is 6.33. The lowest BCUT2D eigenvalue weighted by molar-refractivity contribution is -0.380. The first-order valence-electron chi connectivity index (χ1n) is 11.3. The molecule has 3 aromatic rings. The van der Waals surface area contributed by atoms with Crippen LogP contribution in [0.1, 0.15) is 29.2 Å². The highest BCUT2D eigenvalue weighted by Crippen LogP contribution is 2.28. The number of thiophene rings is 1. The Bertz CT molecular complexity index is 1020. The fourth-order valence-corrected chi connectivity index (χ4v) is 5.09. The Hall–Kier alpha value is -2.00. The molecule has 1 aliphatic heterocycles. The molecule has 0 atom stereocenters. The Morgan fingerprint density at radius 1 is 0.941 bits per heavy atom. The van der Waals surface area contributed by atoms with E-state index >= 15 is 0 Å². The highest BCUT2D eigenvalue weighted by atomic mass is 35.5. The van der Waals surface area contributed by atoms with Gasteiger partial charge in [-0.15, -0.1) is 0 Å². The number of ether oxygens (including phenoxy) is 1. The van der Waals surface area contributed by atoms with Gasteiger partial charge in [0.15, 0.2) is 0 Å². The van der Waals surface area contributed by atoms with Crippen LogP contribution in [0.4, 0.5) is 5.00 Å². The number of rotatable bonds is 10. The Morgan fingerprint density at radius 2 is 1.50 bits per heavy atom. The van der Waals surface area contributed by atoms with Gasteiger partial charge in [0.1, 0.15) is 6.10 Å². The molecule has 0 bridgehead atoms. The van der Waals surface area contributed by atoms with Crippen molar-refractivity contribution in [2.24, 2.45) is 0 Å². The van der Waals surface area contributed by atoms with Gasteiger partial charge in [0.2, 0.25) is 0 Å². The van der Waals surface area contributed by atoms with Crippen molar-refractivity contribution < 1.29 is 9.66 Å². The van der Waals surface area contributed by atoms with Gasteiger partial charge in [-0.2, -0.15) is 0 Å². The molecule has 2 heterocycles. The van der Waals surface area contributed by atoms with Crippen LogP contribution < -0.4 is 0 Å². The zero-order chi connectivity index (χ0) is 23.9. The second-order valence-electron chi connectivity index (χ2n) is 8.38. The van der Waals surface area contributed by atoms with Gasteiger partial charge in [-0.1, -0.05) is 58.8 Å². The van der Waals surface area contributed by atoms with Crippen LogP contribution in [0.5, 0.6) is 0 Å². The highest BCUT2D eigenvalue weighted by molar-refractivity contribution is 7.13. The maximum atomic E-state index is 10.9. The molecule has 9 heteroatoms. The van der Waals surface area contributed by atoms with Crippen LogP contribution in [0, 0.1) is 10.1 Å². The van der Waals surface area contributed by atoms with Crippen LogP contribution in [0.25, 0.3) is 0 Å². The Labute approximate surface area is 213 Å². The topological polar surface area (TPSA) is 58.9 Å². The van der Waals surface area contributed by atoms with Crippen LogP contribution in [-0.2, 0) is 11.3 Å². The lowest BCUT2D eigenvalue weighted by Gasteiger charge is -2.34. The predicted molar refractivity (Wildman–Crippen MR) is 138 cm³/mol. The van der Waals surface area contributed by atoms with Gasteiger partial charge in [-0.25, -0.2) is 0 Å². The van der Waals surface area contributed by atoms with E-state index < -0.39 is 0 Å². The normalized spacial score (nSPS) is 15.1. The van der Waals surface area contributed by atoms with Crippen molar-refractivity contribution in [1.82, 2.24) is 9.80 Å². The van der Waals surface area contributed by atoms with Gasteiger partial charge in [0.25, 0.3) is 0 Å². The quantitative estimate of drug-likeness (QED) is 0.179. The summed E-state index contributed by atoms with van der Waals surface area (Å²) in [5.74, 6) is 0. The minimum atomic E-state index is -0.321. The average Bonchev–Trinajstić information content (AvgIpc) is 3.31. The van der Waals surface area contributed by atoms with Crippen molar-refractivity contribution in [3.63, 3.8) is 0 Å². The summed E-state index contributed by atoms with van der Waals surface area (Å²) in [5, 5.41) is 14.4. The lowest BCUT2D eigenvalue weighted by Crippen LogP contribution is -2.46. The molecule has 6 nitrogen and oxygen atoms in total. The van der Waals surface area contributed by atoms with Gasteiger partial charge in [-0.3, -0.25) is 15.0 Å². The molecule has 0 spiro atoms. The molecule has 0 unspecified atom stereocenters. The molecule has 4 rings (SSSR count). The zero-order valence-electron chi connectivity index (χ0n) is 18.7. The largest absolute Gasteiger partial charge is 0.369 e. The molecule has 0 aliphatic carbocycles. The number of hydrogen-bond acceptors (Lipinski definition) is 6. The summed E-state index contributed by atoms with van der Waals surface area (Å²) in [6.45, 7) is 6.30. The number of piperazine rings is 1. The SMILES string of the molecule is O=[N+]([O-])c1cc(CN2CCN(CCCOC(c3ccc(Cl)cc3)c3ccc(Cl)cc3)CC2)cs1. The van der Waals surface area contributed by atoms with Gasteiger partial charge >= 0.3 is 5.00 Å². The second-order valence-corrected chi connectivity index (χ2v) is 10.1. The summed E-state index contributed by atoms with van der Waals surface area (Å²) in [7, 11) is 0. The molecule has 34 heavy (non-hydrogen) atoms. The van der Waals surface area contributed by atoms with Crippen LogP contribution >= 0.6 is 34.5 Å². The number of halogens is 2. The monoisotopic (exact) mass is 519 g/mol. The van der Waals surface area contributed by atoms with Crippen molar-refractivity contribution in [1.29, 1.82) is 0 Å². The number of nitrogens with zero attached hydrogens (tertiary/aromatic N) is 3. The maximum absolute atomic E-state index is 10.9. The molecule has 2 aromatic carbocycles. The molecular formula is C25H27Cl2N3O3S. The predicted octanol–water partition coefficient (Wildman–Crippen LogP) is 6.28. The van der Waals surface area contributed by atoms with Gasteiger partial charge < -0.3 is 9.64 Å². The first kappa shape index (κ1) is 25.1. The summed E-state index contributed by atoms with van der Waals surface area (Å²) in [4.78, 5) is 15.4. The molecule has 180 valence electrons. The minimum absolute atomic E-state index is 0.166. The molecule has 0 radical (unpaired) electrons. The molecule has 0 amide bonds. The van der Waals surface area contributed by atoms with E-state index in [-0.39, 0.29) is 16.0 Å². The van der Waals surface area contributed by atoms with E-state index in [1.807, 2.05) is 53.9 Å². The smallest absolute Gasteiger partial charge is 0.324 e. The second kappa shape index (κ2) is 12.1. The Balaban J connectivity index is 1.23. The fraction of sp³-hybridized carbons (Fsp3) is 0.360. The fourth-order valence-electron chi connectivity index (χ4n) is 4.12. The summed E-state index contributed by atoms with van der Waals surface area (Å²) in [5.41, 5.74) is 3.15. The number of hydrogen-bond donors (Lipinski definition) is 0. The maximum Gasteiger partial charge on any atom is 0.324 e. The van der Waals surface area contributed by atoms with Crippen molar-refractivity contribution in [2.75, 3.05) is 39.3 Å². The van der Waals surface area contributed by atoms with Crippen molar-refractivity contribution >= 4 is 39.5 Å². The first-order chi connectivity index (χ1) is 16.5. The molecule has 1 aliphatic rings. The van der Waals surface area contributed by atoms with Gasteiger partial charge in [0.05, 0.1) is 4.92 Å². The number of benzene rings is 2. The third kappa shape index (κ3) is 7.01. The van der Waals surface area contributed by atoms with Crippen LogP contribution in [0.3, 0.4) is 0 Å². The van der Waals surface area contributed by atoms with E-state index in [1.54, 1.807) is 6.07 Å². The van der Waals surface area contributed by atoms with Crippen LogP contribution in [0.2, 0.25) is 10.0 Å². The molecule has 1 saturated heterocycles. The molecule has 1 aromatic heterocycles. The Morgan fingerprint density at radius 3 is 2.03 bits per heavy atom. The van der Waals surface area contributed by atoms with Crippen LogP contribution in [0.15, 0.2) is 60.0 Å². The summed E-state index contributed by atoms with van der Waals surface area (Å²) in [6, 6.07) is 17.2. The third-order valence-corrected chi connectivity index (χ3v) is 7.37. The standard InChI is InChI=1S/C25H27Cl2N3O3S/c26-22-6-2-20(3-7-22)25(21-4-8-23(27)9-5-21)33-15-1-10-28-11-13-29(14-12-28)17-19-16-24(30(31)32)34-18-19/h2-9,16,18,25H,1,10-15,17H2. The zero-order valence-corrected chi connectivity index (χ0v) is 21.1. The lowest BCUT2D eigenvalue weighted by atomic mass is 10.0. The minimum Gasteiger partial charge on any atom is -0.369 e. The molecular weight excluding hydrogens is 493 g/mol. The van der Waals surface area contributed by atoms with E-state index in [2.05, 4.69) is 9.80 Å². The first-order valence-corrected chi connectivity index (χ1v) is 12.9. The van der Waals surface area contributed by atoms with Crippen molar-refractivity contribution in [2.45, 2.75) is 19.1 Å². The van der Waals surface area contributed by atoms with Crippen molar-refractivity contribution in [3.05, 3.63) is 96.8 Å². The van der Waals surface area contributed by atoms with E-state index in [9.17, 15) is 10.1 Å².